The number of rotatable bonds is 9. The van der Waals surface area contributed by atoms with Gasteiger partial charge in [0.2, 0.25) is 11.7 Å². The van der Waals surface area contributed by atoms with Crippen LogP contribution < -0.4 is 5.73 Å². The molecule has 5 heteroatoms. The quantitative estimate of drug-likeness (QED) is 0.746. The SMILES string of the molecule is CCOC(CC)c1noc(CCC(C)(C)CCN)n1. The minimum atomic E-state index is -0.0560. The molecule has 0 spiro atoms. The number of aryl methyl sites for hydroxylation is 1. The molecule has 1 unspecified atom stereocenters. The van der Waals surface area contributed by atoms with E-state index in [4.69, 9.17) is 15.0 Å². The van der Waals surface area contributed by atoms with Gasteiger partial charge in [-0.05, 0) is 38.1 Å². The van der Waals surface area contributed by atoms with E-state index in [0.717, 1.165) is 25.7 Å². The molecule has 1 aromatic heterocycles. The fraction of sp³-hybridized carbons (Fsp3) is 0.857. The average molecular weight is 269 g/mol. The van der Waals surface area contributed by atoms with E-state index < -0.39 is 0 Å². The van der Waals surface area contributed by atoms with Gasteiger partial charge in [0.05, 0.1) is 0 Å². The van der Waals surface area contributed by atoms with Crippen LogP contribution in [0.4, 0.5) is 0 Å². The maximum atomic E-state index is 5.61. The van der Waals surface area contributed by atoms with E-state index in [1.807, 2.05) is 6.92 Å². The van der Waals surface area contributed by atoms with Crippen LogP contribution in [0.15, 0.2) is 4.52 Å². The van der Waals surface area contributed by atoms with Crippen LogP contribution in [-0.4, -0.2) is 23.3 Å². The Morgan fingerprint density at radius 3 is 2.63 bits per heavy atom. The Bertz CT molecular complexity index is 363. The highest BCUT2D eigenvalue weighted by Crippen LogP contribution is 2.26. The number of nitrogens with zero attached hydrogens (tertiary/aromatic N) is 2. The predicted molar refractivity (Wildman–Crippen MR) is 74.7 cm³/mol. The van der Waals surface area contributed by atoms with Gasteiger partial charge in [0.15, 0.2) is 0 Å². The van der Waals surface area contributed by atoms with Crippen LogP contribution in [0.1, 0.15) is 64.8 Å². The van der Waals surface area contributed by atoms with Crippen molar-refractivity contribution in [2.75, 3.05) is 13.2 Å². The lowest BCUT2D eigenvalue weighted by molar-refractivity contribution is 0.0518. The molecule has 1 aromatic rings. The van der Waals surface area contributed by atoms with Gasteiger partial charge >= 0.3 is 0 Å². The van der Waals surface area contributed by atoms with E-state index >= 15 is 0 Å². The molecule has 0 aliphatic heterocycles. The first kappa shape index (κ1) is 16.1. The predicted octanol–water partition coefficient (Wildman–Crippen LogP) is 2.86. The summed E-state index contributed by atoms with van der Waals surface area (Å²) in [7, 11) is 0. The van der Waals surface area contributed by atoms with Crippen molar-refractivity contribution in [1.82, 2.24) is 10.1 Å². The second-order valence-corrected chi connectivity index (χ2v) is 5.60. The Labute approximate surface area is 115 Å². The van der Waals surface area contributed by atoms with E-state index in [1.54, 1.807) is 0 Å². The van der Waals surface area contributed by atoms with Crippen molar-refractivity contribution in [2.45, 2.75) is 59.5 Å². The minimum absolute atomic E-state index is 0.0560. The maximum Gasteiger partial charge on any atom is 0.226 e. The highest BCUT2D eigenvalue weighted by Gasteiger charge is 2.20. The molecular formula is C14H27N3O2. The monoisotopic (exact) mass is 269 g/mol. The smallest absolute Gasteiger partial charge is 0.226 e. The summed E-state index contributed by atoms with van der Waals surface area (Å²) in [5, 5.41) is 4.02. The Hall–Kier alpha value is -0.940. The third-order valence-corrected chi connectivity index (χ3v) is 3.35. The number of hydrogen-bond acceptors (Lipinski definition) is 5. The summed E-state index contributed by atoms with van der Waals surface area (Å²) in [4.78, 5) is 4.43. The van der Waals surface area contributed by atoms with Crippen LogP contribution in [-0.2, 0) is 11.2 Å². The van der Waals surface area contributed by atoms with Crippen molar-refractivity contribution < 1.29 is 9.26 Å². The summed E-state index contributed by atoms with van der Waals surface area (Å²) >= 11 is 0. The molecule has 1 heterocycles. The van der Waals surface area contributed by atoms with Gasteiger partial charge in [-0.15, -0.1) is 0 Å². The van der Waals surface area contributed by atoms with Crippen molar-refractivity contribution in [2.24, 2.45) is 11.1 Å². The molecule has 0 aromatic carbocycles. The van der Waals surface area contributed by atoms with Gasteiger partial charge in [-0.25, -0.2) is 0 Å². The molecule has 0 saturated carbocycles. The molecule has 0 bridgehead atoms. The topological polar surface area (TPSA) is 74.2 Å². The van der Waals surface area contributed by atoms with Gasteiger partial charge < -0.3 is 15.0 Å². The maximum absolute atomic E-state index is 5.61. The Morgan fingerprint density at radius 1 is 1.32 bits per heavy atom. The van der Waals surface area contributed by atoms with Gasteiger partial charge in [-0.2, -0.15) is 4.98 Å². The van der Waals surface area contributed by atoms with E-state index in [-0.39, 0.29) is 11.5 Å². The van der Waals surface area contributed by atoms with Crippen molar-refractivity contribution >= 4 is 0 Å². The van der Waals surface area contributed by atoms with Crippen LogP contribution in [0.5, 0.6) is 0 Å². The molecule has 0 saturated heterocycles. The second kappa shape index (κ2) is 7.60. The lowest BCUT2D eigenvalue weighted by Crippen LogP contribution is -2.17. The first-order valence-corrected chi connectivity index (χ1v) is 7.16. The molecule has 2 N–H and O–H groups in total. The zero-order valence-electron chi connectivity index (χ0n) is 12.6. The van der Waals surface area contributed by atoms with Crippen LogP contribution in [0.25, 0.3) is 0 Å². The summed E-state index contributed by atoms with van der Waals surface area (Å²) < 4.78 is 10.9. The van der Waals surface area contributed by atoms with E-state index in [0.29, 0.717) is 24.9 Å². The van der Waals surface area contributed by atoms with Gasteiger partial charge in [0.1, 0.15) is 6.10 Å². The zero-order valence-corrected chi connectivity index (χ0v) is 12.6. The molecule has 0 aliphatic carbocycles. The van der Waals surface area contributed by atoms with E-state index in [2.05, 4.69) is 30.9 Å². The molecule has 5 nitrogen and oxygen atoms in total. The van der Waals surface area contributed by atoms with Gasteiger partial charge in [-0.1, -0.05) is 25.9 Å². The molecule has 0 radical (unpaired) electrons. The Kier molecular flexibility index (Phi) is 6.45. The lowest BCUT2D eigenvalue weighted by Gasteiger charge is -2.22. The summed E-state index contributed by atoms with van der Waals surface area (Å²) in [6.45, 7) is 9.83. The third-order valence-electron chi connectivity index (χ3n) is 3.35. The molecule has 110 valence electrons. The number of aromatic nitrogens is 2. The molecule has 1 atom stereocenters. The largest absolute Gasteiger partial charge is 0.370 e. The molecule has 0 aliphatic rings. The molecule has 19 heavy (non-hydrogen) atoms. The van der Waals surface area contributed by atoms with E-state index in [9.17, 15) is 0 Å². The van der Waals surface area contributed by atoms with Crippen LogP contribution in [0.3, 0.4) is 0 Å². The van der Waals surface area contributed by atoms with Crippen molar-refractivity contribution in [3.63, 3.8) is 0 Å². The fourth-order valence-corrected chi connectivity index (χ4v) is 2.04. The van der Waals surface area contributed by atoms with Crippen LogP contribution in [0.2, 0.25) is 0 Å². The standard InChI is InChI=1S/C14H27N3O2/c1-5-11(18-6-2)13-16-12(19-17-13)7-8-14(3,4)9-10-15/h11H,5-10,15H2,1-4H3. The molecule has 0 amide bonds. The van der Waals surface area contributed by atoms with Gasteiger partial charge in [-0.3, -0.25) is 0 Å². The molecule has 1 rings (SSSR count). The molecule has 0 fully saturated rings. The fourth-order valence-electron chi connectivity index (χ4n) is 2.04. The van der Waals surface area contributed by atoms with Crippen LogP contribution in [0, 0.1) is 5.41 Å². The summed E-state index contributed by atoms with van der Waals surface area (Å²) in [6, 6.07) is 0. The van der Waals surface area contributed by atoms with Crippen molar-refractivity contribution in [3.05, 3.63) is 11.7 Å². The van der Waals surface area contributed by atoms with Gasteiger partial charge in [0.25, 0.3) is 0 Å². The highest BCUT2D eigenvalue weighted by molar-refractivity contribution is 4.92. The molecular weight excluding hydrogens is 242 g/mol. The number of ether oxygens (including phenoxy) is 1. The summed E-state index contributed by atoms with van der Waals surface area (Å²) in [5.74, 6) is 1.36. The average Bonchev–Trinajstić information content (AvgIpc) is 2.82. The first-order valence-electron chi connectivity index (χ1n) is 7.16. The number of nitrogens with two attached hydrogens (primary N) is 1. The highest BCUT2D eigenvalue weighted by atomic mass is 16.5. The van der Waals surface area contributed by atoms with E-state index in [1.165, 1.54) is 0 Å². The zero-order chi connectivity index (χ0) is 14.3. The van der Waals surface area contributed by atoms with Crippen molar-refractivity contribution in [3.8, 4) is 0 Å². The summed E-state index contributed by atoms with van der Waals surface area (Å²) in [5.41, 5.74) is 5.83. The second-order valence-electron chi connectivity index (χ2n) is 5.60. The van der Waals surface area contributed by atoms with Crippen LogP contribution >= 0.6 is 0 Å². The first-order chi connectivity index (χ1) is 9.02. The lowest BCUT2D eigenvalue weighted by atomic mass is 9.84. The van der Waals surface area contributed by atoms with Gasteiger partial charge in [0, 0.05) is 13.0 Å². The summed E-state index contributed by atoms with van der Waals surface area (Å²) in [6.07, 6.45) is 3.59. The Balaban J connectivity index is 2.55. The Morgan fingerprint density at radius 2 is 2.05 bits per heavy atom. The normalized spacial score (nSPS) is 13.7. The number of hydrogen-bond donors (Lipinski definition) is 1. The van der Waals surface area contributed by atoms with Crippen molar-refractivity contribution in [1.29, 1.82) is 0 Å². The third kappa shape index (κ3) is 5.28. The minimum Gasteiger partial charge on any atom is -0.370 e.